The van der Waals surface area contributed by atoms with Gasteiger partial charge in [0.05, 0.1) is 4.47 Å². The summed E-state index contributed by atoms with van der Waals surface area (Å²) in [5.41, 5.74) is 1.22. The predicted octanol–water partition coefficient (Wildman–Crippen LogP) is 3.58. The third-order valence-electron chi connectivity index (χ3n) is 4.02. The number of nitrogens with one attached hydrogen (secondary N) is 1. The van der Waals surface area contributed by atoms with Crippen LogP contribution in [0.5, 0.6) is 0 Å². The maximum absolute atomic E-state index is 13.4. The second kappa shape index (κ2) is 6.82. The molecule has 0 saturated carbocycles. The monoisotopic (exact) mass is 328 g/mol. The first kappa shape index (κ1) is 14.9. The average Bonchev–Trinajstić information content (AvgIpc) is 2.42. The Balaban J connectivity index is 2.30. The summed E-state index contributed by atoms with van der Waals surface area (Å²) in [6.45, 7) is 5.39. The highest BCUT2D eigenvalue weighted by Gasteiger charge is 2.31. The van der Waals surface area contributed by atoms with Crippen LogP contribution in [0.2, 0.25) is 0 Å². The van der Waals surface area contributed by atoms with Gasteiger partial charge in [0, 0.05) is 6.04 Å². The van der Waals surface area contributed by atoms with Crippen molar-refractivity contribution in [2.24, 2.45) is 5.92 Å². The lowest BCUT2D eigenvalue weighted by Gasteiger charge is -2.41. The quantitative estimate of drug-likeness (QED) is 0.908. The number of rotatable bonds is 4. The Bertz CT molecular complexity index is 423. The Morgan fingerprint density at radius 1 is 1.47 bits per heavy atom. The fourth-order valence-electron chi connectivity index (χ4n) is 3.16. The van der Waals surface area contributed by atoms with Crippen LogP contribution in [0.4, 0.5) is 4.39 Å². The molecule has 0 spiro atoms. The molecule has 1 fully saturated rings. The zero-order valence-electron chi connectivity index (χ0n) is 11.6. The Morgan fingerprint density at radius 2 is 2.26 bits per heavy atom. The first-order chi connectivity index (χ1) is 9.17. The van der Waals surface area contributed by atoms with Crippen molar-refractivity contribution in [2.75, 3.05) is 26.7 Å². The molecule has 1 saturated heterocycles. The van der Waals surface area contributed by atoms with E-state index in [4.69, 9.17) is 0 Å². The molecule has 2 unspecified atom stereocenters. The lowest BCUT2D eigenvalue weighted by molar-refractivity contribution is 0.0981. The third kappa shape index (κ3) is 3.36. The molecule has 1 aromatic rings. The van der Waals surface area contributed by atoms with E-state index in [1.807, 2.05) is 19.2 Å². The van der Waals surface area contributed by atoms with Crippen LogP contribution in [0.25, 0.3) is 0 Å². The number of nitrogens with zero attached hydrogens (tertiary/aromatic N) is 1. The van der Waals surface area contributed by atoms with Gasteiger partial charge >= 0.3 is 0 Å². The fourth-order valence-corrected chi connectivity index (χ4v) is 3.56. The number of hydrogen-bond acceptors (Lipinski definition) is 2. The number of hydrogen-bond donors (Lipinski definition) is 1. The van der Waals surface area contributed by atoms with Crippen molar-refractivity contribution < 1.29 is 4.39 Å². The van der Waals surface area contributed by atoms with Gasteiger partial charge in [-0.3, -0.25) is 4.90 Å². The first-order valence-electron chi connectivity index (χ1n) is 7.01. The van der Waals surface area contributed by atoms with E-state index in [2.05, 4.69) is 33.1 Å². The molecule has 0 bridgehead atoms. The minimum atomic E-state index is -0.187. The second-order valence-corrected chi connectivity index (χ2v) is 6.06. The highest BCUT2D eigenvalue weighted by atomic mass is 79.9. The summed E-state index contributed by atoms with van der Waals surface area (Å²) in [6.07, 6.45) is 2.48. The maximum Gasteiger partial charge on any atom is 0.137 e. The van der Waals surface area contributed by atoms with Crippen molar-refractivity contribution in [1.82, 2.24) is 10.2 Å². The first-order valence-corrected chi connectivity index (χ1v) is 7.80. The molecule has 2 nitrogen and oxygen atoms in total. The Morgan fingerprint density at radius 3 is 2.89 bits per heavy atom. The molecule has 0 amide bonds. The molecular weight excluding hydrogens is 307 g/mol. The largest absolute Gasteiger partial charge is 0.319 e. The molecule has 0 aromatic heterocycles. The minimum absolute atomic E-state index is 0.187. The standard InChI is InChI=1S/C15H22BrFN2/c1-3-19-8-4-5-12(10-18-2)15(19)11-6-7-14(17)13(16)9-11/h6-7,9,12,15,18H,3-5,8,10H2,1-2H3. The molecule has 1 aliphatic heterocycles. The molecule has 4 heteroatoms. The topological polar surface area (TPSA) is 15.3 Å². The van der Waals surface area contributed by atoms with E-state index in [1.54, 1.807) is 6.07 Å². The minimum Gasteiger partial charge on any atom is -0.319 e. The summed E-state index contributed by atoms with van der Waals surface area (Å²) >= 11 is 3.30. The normalized spacial score (nSPS) is 24.6. The highest BCUT2D eigenvalue weighted by Crippen LogP contribution is 2.36. The lowest BCUT2D eigenvalue weighted by Crippen LogP contribution is -2.42. The summed E-state index contributed by atoms with van der Waals surface area (Å²) < 4.78 is 14.0. The molecule has 106 valence electrons. The maximum atomic E-state index is 13.4. The van der Waals surface area contributed by atoms with Gasteiger partial charge in [0.15, 0.2) is 0 Å². The Kier molecular flexibility index (Phi) is 5.37. The van der Waals surface area contributed by atoms with Crippen LogP contribution in [-0.4, -0.2) is 31.6 Å². The summed E-state index contributed by atoms with van der Waals surface area (Å²) in [6, 6.07) is 5.83. The van der Waals surface area contributed by atoms with Crippen LogP contribution < -0.4 is 5.32 Å². The molecule has 2 rings (SSSR count). The van der Waals surface area contributed by atoms with E-state index in [1.165, 1.54) is 18.4 Å². The Hall–Kier alpha value is -0.450. The molecule has 1 aromatic carbocycles. The van der Waals surface area contributed by atoms with Crippen molar-refractivity contribution in [2.45, 2.75) is 25.8 Å². The highest BCUT2D eigenvalue weighted by molar-refractivity contribution is 9.10. The van der Waals surface area contributed by atoms with Gasteiger partial charge in [-0.25, -0.2) is 4.39 Å². The number of likely N-dealkylation sites (tertiary alicyclic amines) is 1. The molecule has 1 N–H and O–H groups in total. The fraction of sp³-hybridized carbons (Fsp3) is 0.600. The summed E-state index contributed by atoms with van der Waals surface area (Å²) in [5, 5.41) is 3.30. The number of benzene rings is 1. The molecule has 19 heavy (non-hydrogen) atoms. The predicted molar refractivity (Wildman–Crippen MR) is 80.7 cm³/mol. The molecule has 1 heterocycles. The number of piperidine rings is 1. The molecule has 2 atom stereocenters. The second-order valence-electron chi connectivity index (χ2n) is 5.21. The van der Waals surface area contributed by atoms with Crippen molar-refractivity contribution in [3.05, 3.63) is 34.1 Å². The molecule has 0 radical (unpaired) electrons. The molecule has 1 aliphatic rings. The van der Waals surface area contributed by atoms with E-state index < -0.39 is 0 Å². The third-order valence-corrected chi connectivity index (χ3v) is 4.63. The van der Waals surface area contributed by atoms with E-state index in [9.17, 15) is 4.39 Å². The van der Waals surface area contributed by atoms with Gasteiger partial charge in [-0.2, -0.15) is 0 Å². The van der Waals surface area contributed by atoms with Gasteiger partial charge in [-0.05, 0) is 79.1 Å². The zero-order valence-corrected chi connectivity index (χ0v) is 13.2. The van der Waals surface area contributed by atoms with Gasteiger partial charge < -0.3 is 5.32 Å². The van der Waals surface area contributed by atoms with Crippen molar-refractivity contribution in [3.63, 3.8) is 0 Å². The van der Waals surface area contributed by atoms with Gasteiger partial charge in [-0.1, -0.05) is 13.0 Å². The summed E-state index contributed by atoms with van der Waals surface area (Å²) in [5.74, 6) is 0.406. The zero-order chi connectivity index (χ0) is 13.8. The Labute approximate surface area is 123 Å². The molecule has 0 aliphatic carbocycles. The van der Waals surface area contributed by atoms with Crippen LogP contribution >= 0.6 is 15.9 Å². The summed E-state index contributed by atoms with van der Waals surface area (Å²) in [7, 11) is 2.00. The summed E-state index contributed by atoms with van der Waals surface area (Å²) in [4.78, 5) is 2.51. The van der Waals surface area contributed by atoms with E-state index in [-0.39, 0.29) is 5.82 Å². The van der Waals surface area contributed by atoms with Gasteiger partial charge in [0.1, 0.15) is 5.82 Å². The van der Waals surface area contributed by atoms with Crippen LogP contribution in [0.3, 0.4) is 0 Å². The smallest absolute Gasteiger partial charge is 0.137 e. The van der Waals surface area contributed by atoms with Crippen molar-refractivity contribution >= 4 is 15.9 Å². The molecular formula is C15H22BrFN2. The van der Waals surface area contributed by atoms with E-state index >= 15 is 0 Å². The number of halogens is 2. The van der Waals surface area contributed by atoms with Crippen LogP contribution in [0.1, 0.15) is 31.4 Å². The van der Waals surface area contributed by atoms with Crippen LogP contribution in [0, 0.1) is 11.7 Å². The van der Waals surface area contributed by atoms with Crippen LogP contribution in [-0.2, 0) is 0 Å². The van der Waals surface area contributed by atoms with Gasteiger partial charge in [0.25, 0.3) is 0 Å². The van der Waals surface area contributed by atoms with E-state index in [0.29, 0.717) is 16.4 Å². The average molecular weight is 329 g/mol. The van der Waals surface area contributed by atoms with E-state index in [0.717, 1.165) is 19.6 Å². The van der Waals surface area contributed by atoms with Crippen molar-refractivity contribution in [3.8, 4) is 0 Å². The van der Waals surface area contributed by atoms with Gasteiger partial charge in [0.2, 0.25) is 0 Å². The van der Waals surface area contributed by atoms with Crippen LogP contribution in [0.15, 0.2) is 22.7 Å². The lowest BCUT2D eigenvalue weighted by atomic mass is 9.84. The SMILES string of the molecule is CCN1CCCC(CNC)C1c1ccc(F)c(Br)c1. The van der Waals surface area contributed by atoms with Gasteiger partial charge in [-0.15, -0.1) is 0 Å². The van der Waals surface area contributed by atoms with Crippen molar-refractivity contribution in [1.29, 1.82) is 0 Å².